The molecule has 32 heavy (non-hydrogen) atoms. The van der Waals surface area contributed by atoms with E-state index in [1.807, 2.05) is 48.5 Å². The van der Waals surface area contributed by atoms with Gasteiger partial charge in [0.05, 0.1) is 22.2 Å². The van der Waals surface area contributed by atoms with E-state index in [1.54, 1.807) is 0 Å². The number of para-hydroxylation sites is 4. The first kappa shape index (κ1) is 18.3. The fourth-order valence-corrected chi connectivity index (χ4v) is 5.22. The molecule has 5 aromatic rings. The van der Waals surface area contributed by atoms with Gasteiger partial charge in [0.1, 0.15) is 12.1 Å². The summed E-state index contributed by atoms with van der Waals surface area (Å²) in [5.41, 5.74) is 7.48. The van der Waals surface area contributed by atoms with E-state index in [0.717, 1.165) is 44.1 Å². The molecule has 0 saturated heterocycles. The molecular weight excluding hydrogens is 391 g/mol. The fourth-order valence-electron chi connectivity index (χ4n) is 5.22. The first-order valence-corrected chi connectivity index (χ1v) is 10.5. The number of aromatic nitrogens is 1. The standard InChI is InChI=1S/C27H17BN4/c1-31-24-14-4-2-12-22(24)28(23-13-3-5-15-25(23)31)32-26-18(16-29)8-6-10-20(26)21-11-7-9-19(17-30)27(21)32/h2-15H,1H3. The largest absolute Gasteiger partial charge is 0.374 e. The SMILES string of the molecule is CN1c2ccccc2B(n2c3c(C#N)cccc3c3cccc(C#N)c32)c2ccccc21. The van der Waals surface area contributed by atoms with Crippen LogP contribution >= 0.6 is 0 Å². The lowest BCUT2D eigenvalue weighted by molar-refractivity contribution is 1.20. The van der Waals surface area contributed by atoms with Gasteiger partial charge < -0.3 is 9.38 Å². The molecular formula is C27H17BN4. The van der Waals surface area contributed by atoms with E-state index in [2.05, 4.69) is 65.0 Å². The summed E-state index contributed by atoms with van der Waals surface area (Å²) in [5, 5.41) is 22.0. The van der Waals surface area contributed by atoms with Crippen LogP contribution in [0.1, 0.15) is 11.1 Å². The molecule has 0 atom stereocenters. The Morgan fingerprint density at radius 2 is 1.09 bits per heavy atom. The third-order valence-electron chi connectivity index (χ3n) is 6.53. The maximum atomic E-state index is 10.0. The lowest BCUT2D eigenvalue weighted by atomic mass is 9.47. The average Bonchev–Trinajstić information content (AvgIpc) is 3.19. The maximum Gasteiger partial charge on any atom is 0.332 e. The van der Waals surface area contributed by atoms with E-state index < -0.39 is 0 Å². The summed E-state index contributed by atoms with van der Waals surface area (Å²) in [5.74, 6) is 0. The van der Waals surface area contributed by atoms with Crippen molar-refractivity contribution in [2.24, 2.45) is 0 Å². The highest BCUT2D eigenvalue weighted by Crippen LogP contribution is 2.35. The fraction of sp³-hybridized carbons (Fsp3) is 0.0370. The van der Waals surface area contributed by atoms with Gasteiger partial charge in [0.25, 0.3) is 0 Å². The molecule has 0 radical (unpaired) electrons. The van der Waals surface area contributed by atoms with E-state index >= 15 is 0 Å². The summed E-state index contributed by atoms with van der Waals surface area (Å²) < 4.78 is 2.21. The van der Waals surface area contributed by atoms with Crippen LogP contribution in [0.4, 0.5) is 11.4 Å². The van der Waals surface area contributed by atoms with Crippen molar-refractivity contribution >= 4 is 51.0 Å². The second-order valence-electron chi connectivity index (χ2n) is 8.08. The predicted molar refractivity (Wildman–Crippen MR) is 130 cm³/mol. The van der Waals surface area contributed by atoms with Crippen molar-refractivity contribution in [1.82, 2.24) is 4.48 Å². The zero-order chi connectivity index (χ0) is 21.8. The molecule has 0 saturated carbocycles. The lowest BCUT2D eigenvalue weighted by Gasteiger charge is -2.35. The van der Waals surface area contributed by atoms with Gasteiger partial charge in [-0.3, -0.25) is 0 Å². The van der Waals surface area contributed by atoms with Gasteiger partial charge in [-0.1, -0.05) is 60.7 Å². The summed E-state index contributed by atoms with van der Waals surface area (Å²) in [7, 11) is 2.08. The molecule has 4 nitrogen and oxygen atoms in total. The number of anilines is 2. The minimum atomic E-state index is -0.164. The van der Waals surface area contributed by atoms with Crippen LogP contribution in [0.5, 0.6) is 0 Å². The Labute approximate surface area is 186 Å². The third-order valence-corrected chi connectivity index (χ3v) is 6.53. The van der Waals surface area contributed by atoms with Crippen molar-refractivity contribution in [3.05, 3.63) is 96.1 Å². The number of fused-ring (bicyclic) bond motifs is 5. The summed E-state index contributed by atoms with van der Waals surface area (Å²) in [4.78, 5) is 2.21. The molecule has 0 spiro atoms. The second-order valence-corrected chi connectivity index (χ2v) is 8.08. The van der Waals surface area contributed by atoms with Crippen molar-refractivity contribution in [2.75, 3.05) is 11.9 Å². The summed E-state index contributed by atoms with van der Waals surface area (Å²) in [6, 6.07) is 33.2. The molecule has 0 bridgehead atoms. The van der Waals surface area contributed by atoms with E-state index in [1.165, 1.54) is 0 Å². The van der Waals surface area contributed by atoms with E-state index in [-0.39, 0.29) is 6.85 Å². The van der Waals surface area contributed by atoms with Crippen LogP contribution in [-0.2, 0) is 0 Å². The molecule has 0 unspecified atom stereocenters. The molecule has 0 fully saturated rings. The Kier molecular flexibility index (Phi) is 3.87. The molecule has 1 aliphatic heterocycles. The van der Waals surface area contributed by atoms with Gasteiger partial charge in [0, 0.05) is 29.2 Å². The normalized spacial score (nSPS) is 12.3. The molecule has 6 rings (SSSR count). The zero-order valence-corrected chi connectivity index (χ0v) is 17.4. The Hall–Kier alpha value is -4.48. The van der Waals surface area contributed by atoms with Crippen molar-refractivity contribution in [3.63, 3.8) is 0 Å². The van der Waals surface area contributed by atoms with Crippen LogP contribution in [0.15, 0.2) is 84.9 Å². The van der Waals surface area contributed by atoms with Gasteiger partial charge in [-0.15, -0.1) is 0 Å². The monoisotopic (exact) mass is 408 g/mol. The Morgan fingerprint density at radius 1 is 0.625 bits per heavy atom. The lowest BCUT2D eigenvalue weighted by Crippen LogP contribution is -2.54. The molecule has 4 aromatic carbocycles. The molecule has 148 valence electrons. The predicted octanol–water partition coefficient (Wildman–Crippen LogP) is 4.27. The molecule has 2 heterocycles. The molecule has 1 aliphatic rings. The van der Waals surface area contributed by atoms with Crippen molar-refractivity contribution in [2.45, 2.75) is 0 Å². The number of hydrogen-bond acceptors (Lipinski definition) is 3. The molecule has 5 heteroatoms. The highest BCUT2D eigenvalue weighted by molar-refractivity contribution is 6.88. The first-order valence-electron chi connectivity index (χ1n) is 10.5. The topological polar surface area (TPSA) is 55.8 Å². The van der Waals surface area contributed by atoms with Gasteiger partial charge in [-0.05, 0) is 35.2 Å². The van der Waals surface area contributed by atoms with Gasteiger partial charge in [-0.25, -0.2) is 0 Å². The van der Waals surface area contributed by atoms with E-state index in [0.29, 0.717) is 11.1 Å². The van der Waals surface area contributed by atoms with Crippen LogP contribution in [0.25, 0.3) is 21.8 Å². The van der Waals surface area contributed by atoms with Gasteiger partial charge >= 0.3 is 6.85 Å². The number of benzene rings is 4. The molecule has 0 N–H and O–H groups in total. The third kappa shape index (κ3) is 2.31. The van der Waals surface area contributed by atoms with Gasteiger partial charge in [0.2, 0.25) is 0 Å². The Bertz CT molecular complexity index is 1520. The maximum absolute atomic E-state index is 10.0. The minimum absolute atomic E-state index is 0.164. The smallest absolute Gasteiger partial charge is 0.332 e. The Morgan fingerprint density at radius 3 is 1.56 bits per heavy atom. The van der Waals surface area contributed by atoms with Gasteiger partial charge in [0.15, 0.2) is 0 Å². The molecule has 0 aliphatic carbocycles. The molecule has 1 aromatic heterocycles. The van der Waals surface area contributed by atoms with Crippen molar-refractivity contribution in [1.29, 1.82) is 10.5 Å². The quantitative estimate of drug-likeness (QED) is 0.389. The second kappa shape index (κ2) is 6.77. The highest BCUT2D eigenvalue weighted by Gasteiger charge is 2.36. The minimum Gasteiger partial charge on any atom is -0.374 e. The molecule has 0 amide bonds. The summed E-state index contributed by atoms with van der Waals surface area (Å²) in [6.45, 7) is -0.164. The number of nitrogens with zero attached hydrogens (tertiary/aromatic N) is 4. The van der Waals surface area contributed by atoms with Crippen LogP contribution in [0, 0.1) is 22.7 Å². The number of nitriles is 2. The number of hydrogen-bond donors (Lipinski definition) is 0. The first-order chi connectivity index (χ1) is 15.7. The number of rotatable bonds is 1. The highest BCUT2D eigenvalue weighted by atomic mass is 15.1. The Balaban J connectivity index is 1.86. The van der Waals surface area contributed by atoms with Crippen LogP contribution in [-0.4, -0.2) is 18.4 Å². The summed E-state index contributed by atoms with van der Waals surface area (Å²) in [6.07, 6.45) is 0. The average molecular weight is 408 g/mol. The van der Waals surface area contributed by atoms with Crippen LogP contribution < -0.4 is 15.8 Å². The summed E-state index contributed by atoms with van der Waals surface area (Å²) >= 11 is 0. The van der Waals surface area contributed by atoms with Crippen LogP contribution in [0.2, 0.25) is 0 Å². The van der Waals surface area contributed by atoms with E-state index in [4.69, 9.17) is 0 Å². The van der Waals surface area contributed by atoms with E-state index in [9.17, 15) is 10.5 Å². The van der Waals surface area contributed by atoms with Crippen molar-refractivity contribution in [3.8, 4) is 12.1 Å². The van der Waals surface area contributed by atoms with Crippen molar-refractivity contribution < 1.29 is 0 Å². The zero-order valence-electron chi connectivity index (χ0n) is 17.4. The van der Waals surface area contributed by atoms with Crippen LogP contribution in [0.3, 0.4) is 0 Å². The van der Waals surface area contributed by atoms with Gasteiger partial charge in [-0.2, -0.15) is 10.5 Å².